The first-order valence-corrected chi connectivity index (χ1v) is 4.97. The minimum absolute atomic E-state index is 0.118. The number of aliphatic hydroxyl groups is 4. The van der Waals surface area contributed by atoms with E-state index in [-0.39, 0.29) is 12.5 Å². The van der Waals surface area contributed by atoms with Crippen molar-refractivity contribution in [3.05, 3.63) is 0 Å². The topological polar surface area (TPSA) is 80.9 Å². The van der Waals surface area contributed by atoms with Gasteiger partial charge >= 0.3 is 0 Å². The molecule has 4 heteroatoms. The lowest BCUT2D eigenvalue weighted by molar-refractivity contribution is -0.0453. The summed E-state index contributed by atoms with van der Waals surface area (Å²) in [4.78, 5) is 0. The van der Waals surface area contributed by atoms with Crippen LogP contribution in [0.15, 0.2) is 0 Å². The third-order valence-electron chi connectivity index (χ3n) is 2.11. The fraction of sp³-hybridized carbons (Fsp3) is 1.00. The van der Waals surface area contributed by atoms with Crippen LogP contribution >= 0.6 is 0 Å². The standard InChI is InChI=1S/C6H14O2.C4H10O2/c1-5(2)6(3,8)4-7;1-2-3-4(5)6/h5,7-8H,4H2,1-3H3;4-6H,2-3H2,1H3. The highest BCUT2D eigenvalue weighted by Gasteiger charge is 2.22. The first-order chi connectivity index (χ1) is 6.27. The molecular weight excluding hydrogens is 184 g/mol. The molecule has 4 N–H and O–H groups in total. The molecule has 0 heterocycles. The van der Waals surface area contributed by atoms with Crippen LogP contribution in [0.1, 0.15) is 40.5 Å². The van der Waals surface area contributed by atoms with E-state index in [9.17, 15) is 0 Å². The van der Waals surface area contributed by atoms with Gasteiger partial charge in [-0.15, -0.1) is 0 Å². The lowest BCUT2D eigenvalue weighted by Crippen LogP contribution is -2.34. The molecule has 0 fully saturated rings. The van der Waals surface area contributed by atoms with Crippen molar-refractivity contribution in [3.63, 3.8) is 0 Å². The molecule has 0 rings (SSSR count). The third-order valence-corrected chi connectivity index (χ3v) is 2.11. The van der Waals surface area contributed by atoms with E-state index in [0.717, 1.165) is 6.42 Å². The van der Waals surface area contributed by atoms with E-state index >= 15 is 0 Å². The van der Waals surface area contributed by atoms with Gasteiger partial charge in [0, 0.05) is 0 Å². The van der Waals surface area contributed by atoms with E-state index in [4.69, 9.17) is 20.4 Å². The molecule has 0 aromatic heterocycles. The van der Waals surface area contributed by atoms with Crippen molar-refractivity contribution in [3.8, 4) is 0 Å². The van der Waals surface area contributed by atoms with Gasteiger partial charge < -0.3 is 20.4 Å². The molecule has 0 amide bonds. The summed E-state index contributed by atoms with van der Waals surface area (Å²) in [6, 6.07) is 0. The Morgan fingerprint density at radius 1 is 1.21 bits per heavy atom. The highest BCUT2D eigenvalue weighted by Crippen LogP contribution is 2.13. The van der Waals surface area contributed by atoms with Gasteiger partial charge in [0.1, 0.15) is 0 Å². The van der Waals surface area contributed by atoms with Gasteiger partial charge in [0.25, 0.3) is 0 Å². The molecule has 0 saturated carbocycles. The molecule has 4 nitrogen and oxygen atoms in total. The van der Waals surface area contributed by atoms with Crippen LogP contribution in [0.3, 0.4) is 0 Å². The molecule has 1 atom stereocenters. The fourth-order valence-electron chi connectivity index (χ4n) is 0.441. The SMILES string of the molecule is CC(C)C(C)(O)CO.CCCC(O)O. The van der Waals surface area contributed by atoms with Crippen molar-refractivity contribution >= 4 is 0 Å². The molecular formula is C10H24O4. The second-order valence-corrected chi connectivity index (χ2v) is 3.94. The van der Waals surface area contributed by atoms with Crippen LogP contribution in [-0.4, -0.2) is 38.9 Å². The molecule has 0 aliphatic heterocycles. The zero-order valence-electron chi connectivity index (χ0n) is 9.56. The summed E-state index contributed by atoms with van der Waals surface area (Å²) < 4.78 is 0. The van der Waals surface area contributed by atoms with Gasteiger partial charge in [-0.3, -0.25) is 0 Å². The minimum atomic E-state index is -1.10. The Hall–Kier alpha value is -0.160. The van der Waals surface area contributed by atoms with Crippen molar-refractivity contribution in [2.45, 2.75) is 52.4 Å². The molecule has 0 aliphatic rings. The van der Waals surface area contributed by atoms with Crippen LogP contribution in [0.4, 0.5) is 0 Å². The summed E-state index contributed by atoms with van der Waals surface area (Å²) in [5.74, 6) is 0.118. The van der Waals surface area contributed by atoms with Crippen LogP contribution in [-0.2, 0) is 0 Å². The van der Waals surface area contributed by atoms with Gasteiger partial charge in [0.05, 0.1) is 12.2 Å². The first-order valence-electron chi connectivity index (χ1n) is 4.97. The van der Waals surface area contributed by atoms with Crippen LogP contribution in [0, 0.1) is 5.92 Å². The molecule has 1 unspecified atom stereocenters. The maximum absolute atomic E-state index is 9.15. The van der Waals surface area contributed by atoms with E-state index in [1.54, 1.807) is 6.92 Å². The largest absolute Gasteiger partial charge is 0.393 e. The first kappa shape index (κ1) is 16.3. The van der Waals surface area contributed by atoms with Gasteiger partial charge in [0.15, 0.2) is 6.29 Å². The van der Waals surface area contributed by atoms with E-state index in [0.29, 0.717) is 6.42 Å². The van der Waals surface area contributed by atoms with Gasteiger partial charge in [-0.1, -0.05) is 27.2 Å². The van der Waals surface area contributed by atoms with E-state index in [1.807, 2.05) is 20.8 Å². The van der Waals surface area contributed by atoms with E-state index < -0.39 is 11.9 Å². The van der Waals surface area contributed by atoms with Crippen molar-refractivity contribution in [1.29, 1.82) is 0 Å². The van der Waals surface area contributed by atoms with Crippen molar-refractivity contribution in [2.24, 2.45) is 5.92 Å². The van der Waals surface area contributed by atoms with Gasteiger partial charge in [-0.2, -0.15) is 0 Å². The molecule has 14 heavy (non-hydrogen) atoms. The van der Waals surface area contributed by atoms with Gasteiger partial charge in [0.2, 0.25) is 0 Å². The summed E-state index contributed by atoms with van der Waals surface area (Å²) in [7, 11) is 0. The predicted octanol–water partition coefficient (Wildman–Crippen LogP) is 0.483. The van der Waals surface area contributed by atoms with Gasteiger partial charge in [-0.05, 0) is 19.3 Å². The molecule has 0 radical (unpaired) electrons. The quantitative estimate of drug-likeness (QED) is 0.507. The summed E-state index contributed by atoms with van der Waals surface area (Å²) in [6.45, 7) is 7.11. The molecule has 0 aliphatic carbocycles. The predicted molar refractivity (Wildman–Crippen MR) is 55.7 cm³/mol. The lowest BCUT2D eigenvalue weighted by atomic mass is 9.94. The lowest BCUT2D eigenvalue weighted by Gasteiger charge is -2.24. The highest BCUT2D eigenvalue weighted by molar-refractivity contribution is 4.73. The summed E-state index contributed by atoms with van der Waals surface area (Å²) in [6.07, 6.45) is 0.215. The Morgan fingerprint density at radius 2 is 1.64 bits per heavy atom. The Morgan fingerprint density at radius 3 is 1.64 bits per heavy atom. The fourth-order valence-corrected chi connectivity index (χ4v) is 0.441. The second kappa shape index (κ2) is 8.17. The van der Waals surface area contributed by atoms with Crippen molar-refractivity contribution in [2.75, 3.05) is 6.61 Å². The van der Waals surface area contributed by atoms with E-state index in [2.05, 4.69) is 0 Å². The van der Waals surface area contributed by atoms with Crippen LogP contribution in [0.5, 0.6) is 0 Å². The number of aliphatic hydroxyl groups excluding tert-OH is 2. The van der Waals surface area contributed by atoms with E-state index in [1.165, 1.54) is 0 Å². The summed E-state index contributed by atoms with van der Waals surface area (Å²) in [5.41, 5.74) is -0.903. The van der Waals surface area contributed by atoms with Gasteiger partial charge in [-0.25, -0.2) is 0 Å². The number of hydrogen-bond donors (Lipinski definition) is 4. The number of hydrogen-bond acceptors (Lipinski definition) is 4. The second-order valence-electron chi connectivity index (χ2n) is 3.94. The normalized spacial score (nSPS) is 15.0. The Labute approximate surface area is 86.2 Å². The average molecular weight is 208 g/mol. The van der Waals surface area contributed by atoms with Crippen LogP contribution in [0.25, 0.3) is 0 Å². The molecule has 0 aromatic carbocycles. The average Bonchev–Trinajstić information content (AvgIpc) is 2.05. The smallest absolute Gasteiger partial charge is 0.151 e. The maximum atomic E-state index is 9.15. The molecule has 88 valence electrons. The zero-order valence-corrected chi connectivity index (χ0v) is 9.56. The Balaban J connectivity index is 0. The molecule has 0 saturated heterocycles. The molecule has 0 bridgehead atoms. The third kappa shape index (κ3) is 9.92. The number of rotatable bonds is 4. The van der Waals surface area contributed by atoms with Crippen molar-refractivity contribution in [1.82, 2.24) is 0 Å². The van der Waals surface area contributed by atoms with Crippen molar-refractivity contribution < 1.29 is 20.4 Å². The Bertz CT molecular complexity index is 121. The zero-order chi connectivity index (χ0) is 11.8. The monoisotopic (exact) mass is 208 g/mol. The Kier molecular flexibility index (Phi) is 9.50. The summed E-state index contributed by atoms with van der Waals surface area (Å²) in [5, 5.41) is 33.9. The van der Waals surface area contributed by atoms with Crippen LogP contribution in [0.2, 0.25) is 0 Å². The summed E-state index contributed by atoms with van der Waals surface area (Å²) >= 11 is 0. The van der Waals surface area contributed by atoms with Crippen LogP contribution < -0.4 is 0 Å². The molecule has 0 spiro atoms. The molecule has 0 aromatic rings. The maximum Gasteiger partial charge on any atom is 0.151 e. The highest BCUT2D eigenvalue weighted by atomic mass is 16.5. The minimum Gasteiger partial charge on any atom is -0.393 e.